The minimum Gasteiger partial charge on any atom is -0.384 e. The molecule has 1 N–H and O–H groups in total. The molecule has 0 aromatic heterocycles. The Balaban J connectivity index is 2.28. The first kappa shape index (κ1) is 22.7. The van der Waals surface area contributed by atoms with Gasteiger partial charge >= 0.3 is 6.18 Å². The summed E-state index contributed by atoms with van der Waals surface area (Å²) in [7, 11) is 1.11. The minimum atomic E-state index is -4.55. The molecule has 0 fully saturated rings. The Kier molecular flexibility index (Phi) is 6.91. The van der Waals surface area contributed by atoms with Gasteiger partial charge in [-0.3, -0.25) is 4.79 Å². The highest BCUT2D eigenvalue weighted by atomic mass is 32.2. The van der Waals surface area contributed by atoms with Crippen LogP contribution in [-0.4, -0.2) is 47.9 Å². The van der Waals surface area contributed by atoms with Gasteiger partial charge in [0.25, 0.3) is 5.91 Å². The van der Waals surface area contributed by atoms with Crippen molar-refractivity contribution in [2.75, 3.05) is 43.8 Å². The molecule has 2 aromatic carbocycles. The molecule has 2 aromatic rings. The third kappa shape index (κ3) is 5.70. The lowest BCUT2D eigenvalue weighted by molar-refractivity contribution is -0.137. The highest BCUT2D eigenvalue weighted by Crippen LogP contribution is 2.35. The van der Waals surface area contributed by atoms with E-state index in [1.807, 2.05) is 0 Å². The van der Waals surface area contributed by atoms with E-state index in [1.54, 1.807) is 19.0 Å². The number of ether oxygens (including phenoxy) is 1. The van der Waals surface area contributed by atoms with Crippen molar-refractivity contribution in [1.82, 2.24) is 0 Å². The normalized spacial score (nSPS) is 11.9. The number of anilines is 2. The highest BCUT2D eigenvalue weighted by Gasteiger charge is 2.31. The Morgan fingerprint density at radius 1 is 1.10 bits per heavy atom. The Labute approximate surface area is 167 Å². The number of halogens is 3. The first-order valence-corrected chi connectivity index (χ1v) is 10.1. The quantitative estimate of drug-likeness (QED) is 0.728. The van der Waals surface area contributed by atoms with Crippen molar-refractivity contribution in [3.63, 3.8) is 0 Å². The van der Waals surface area contributed by atoms with Crippen molar-refractivity contribution in [2.24, 2.45) is 0 Å². The fourth-order valence-corrected chi connectivity index (χ4v) is 3.69. The number of carbonyl (C=O) groups excluding carboxylic acids is 1. The molecule has 0 unspecified atom stereocenters. The summed E-state index contributed by atoms with van der Waals surface area (Å²) in [4.78, 5) is 14.1. The predicted octanol–water partition coefficient (Wildman–Crippen LogP) is 3.44. The van der Waals surface area contributed by atoms with Gasteiger partial charge in [0, 0.05) is 26.8 Å². The number of alkyl halides is 3. The molecule has 0 bridgehead atoms. The zero-order valence-electron chi connectivity index (χ0n) is 16.1. The molecular formula is C19H21F3N2O4S. The molecule has 0 spiro atoms. The van der Waals surface area contributed by atoms with Gasteiger partial charge in [-0.25, -0.2) is 8.42 Å². The molecule has 0 atom stereocenters. The lowest BCUT2D eigenvalue weighted by Crippen LogP contribution is -2.18. The van der Waals surface area contributed by atoms with Gasteiger partial charge in [0.2, 0.25) is 0 Å². The number of carbonyl (C=O) groups is 1. The molecule has 2 rings (SSSR count). The first-order chi connectivity index (χ1) is 13.5. The summed E-state index contributed by atoms with van der Waals surface area (Å²) < 4.78 is 68.0. The number of nitrogens with one attached hydrogen (secondary N) is 1. The van der Waals surface area contributed by atoms with Gasteiger partial charge in [0.1, 0.15) is 0 Å². The molecule has 0 radical (unpaired) electrons. The molecule has 0 saturated carbocycles. The fourth-order valence-electron chi connectivity index (χ4n) is 2.52. The molecular weight excluding hydrogens is 409 g/mol. The fraction of sp³-hybridized carbons (Fsp3) is 0.316. The molecule has 0 aliphatic heterocycles. The SMILES string of the molecule is COCCS(=O)(=O)c1ccc(C(=O)Nc2cc(C(F)(F)F)ccc2N(C)C)cc1. The topological polar surface area (TPSA) is 75.7 Å². The standard InChI is InChI=1S/C19H21F3N2O4S/c1-24(2)17-9-6-14(19(20,21)22)12-16(17)23-18(25)13-4-7-15(8-5-13)29(26,27)11-10-28-3/h4-9,12H,10-11H2,1-3H3,(H,23,25). The average molecular weight is 430 g/mol. The van der Waals surface area contributed by atoms with Gasteiger partial charge in [0.05, 0.1) is 34.2 Å². The second-order valence-corrected chi connectivity index (χ2v) is 8.52. The number of hydrogen-bond acceptors (Lipinski definition) is 5. The molecule has 158 valence electrons. The lowest BCUT2D eigenvalue weighted by Gasteiger charge is -2.20. The van der Waals surface area contributed by atoms with E-state index < -0.39 is 27.5 Å². The van der Waals surface area contributed by atoms with Crippen LogP contribution in [0.5, 0.6) is 0 Å². The largest absolute Gasteiger partial charge is 0.416 e. The van der Waals surface area contributed by atoms with Crippen LogP contribution in [0.1, 0.15) is 15.9 Å². The maximum atomic E-state index is 13.0. The van der Waals surface area contributed by atoms with E-state index in [1.165, 1.54) is 37.4 Å². The van der Waals surface area contributed by atoms with Crippen LogP contribution in [0.2, 0.25) is 0 Å². The van der Waals surface area contributed by atoms with E-state index in [4.69, 9.17) is 4.74 Å². The van der Waals surface area contributed by atoms with Crippen LogP contribution < -0.4 is 10.2 Å². The van der Waals surface area contributed by atoms with E-state index >= 15 is 0 Å². The van der Waals surface area contributed by atoms with Crippen LogP contribution in [0.4, 0.5) is 24.5 Å². The Hall–Kier alpha value is -2.59. The van der Waals surface area contributed by atoms with Crippen LogP contribution in [-0.2, 0) is 20.8 Å². The molecule has 0 heterocycles. The Bertz CT molecular complexity index is 972. The summed E-state index contributed by atoms with van der Waals surface area (Å²) in [5.74, 6) is -0.862. The van der Waals surface area contributed by atoms with Crippen molar-refractivity contribution in [3.05, 3.63) is 53.6 Å². The average Bonchev–Trinajstić information content (AvgIpc) is 2.65. The van der Waals surface area contributed by atoms with E-state index in [-0.39, 0.29) is 28.5 Å². The summed E-state index contributed by atoms with van der Waals surface area (Å²) in [6.45, 7) is 0.0351. The molecule has 6 nitrogen and oxygen atoms in total. The van der Waals surface area contributed by atoms with Crippen LogP contribution in [0, 0.1) is 0 Å². The van der Waals surface area contributed by atoms with Crippen molar-refractivity contribution in [1.29, 1.82) is 0 Å². The van der Waals surface area contributed by atoms with Crippen molar-refractivity contribution >= 4 is 27.1 Å². The van der Waals surface area contributed by atoms with Gasteiger partial charge in [-0.2, -0.15) is 13.2 Å². The van der Waals surface area contributed by atoms with Gasteiger partial charge in [0.15, 0.2) is 9.84 Å². The second kappa shape index (κ2) is 8.83. The number of sulfone groups is 1. The highest BCUT2D eigenvalue weighted by molar-refractivity contribution is 7.91. The van der Waals surface area contributed by atoms with Crippen LogP contribution in [0.3, 0.4) is 0 Å². The number of benzene rings is 2. The van der Waals surface area contributed by atoms with E-state index in [9.17, 15) is 26.4 Å². The van der Waals surface area contributed by atoms with Crippen LogP contribution in [0.25, 0.3) is 0 Å². The maximum absolute atomic E-state index is 13.0. The molecule has 0 saturated heterocycles. The third-order valence-corrected chi connectivity index (χ3v) is 5.78. The molecule has 0 aliphatic carbocycles. The number of methoxy groups -OCH3 is 1. The van der Waals surface area contributed by atoms with Crippen molar-refractivity contribution in [2.45, 2.75) is 11.1 Å². The van der Waals surface area contributed by atoms with Gasteiger partial charge in [-0.15, -0.1) is 0 Å². The summed E-state index contributed by atoms with van der Waals surface area (Å²) in [5.41, 5.74) is -0.396. The number of amides is 1. The number of nitrogens with zero attached hydrogens (tertiary/aromatic N) is 1. The summed E-state index contributed by atoms with van der Waals surface area (Å²) in [6, 6.07) is 8.22. The maximum Gasteiger partial charge on any atom is 0.416 e. The van der Waals surface area contributed by atoms with E-state index in [0.717, 1.165) is 12.1 Å². The predicted molar refractivity (Wildman–Crippen MR) is 104 cm³/mol. The second-order valence-electron chi connectivity index (χ2n) is 6.41. The molecule has 0 aliphatic rings. The summed E-state index contributed by atoms with van der Waals surface area (Å²) in [6.07, 6.45) is -4.55. The molecule has 10 heteroatoms. The number of hydrogen-bond donors (Lipinski definition) is 1. The summed E-state index contributed by atoms with van der Waals surface area (Å²) in [5, 5.41) is 2.46. The van der Waals surface area contributed by atoms with Crippen LogP contribution in [0.15, 0.2) is 47.4 Å². The lowest BCUT2D eigenvalue weighted by atomic mass is 10.1. The van der Waals surface area contributed by atoms with Crippen molar-refractivity contribution < 1.29 is 31.1 Å². The van der Waals surface area contributed by atoms with Crippen LogP contribution >= 0.6 is 0 Å². The summed E-state index contributed by atoms with van der Waals surface area (Å²) >= 11 is 0. The monoisotopic (exact) mass is 430 g/mol. The molecule has 29 heavy (non-hydrogen) atoms. The Morgan fingerprint density at radius 2 is 1.72 bits per heavy atom. The minimum absolute atomic E-state index is 0.00776. The Morgan fingerprint density at radius 3 is 2.24 bits per heavy atom. The zero-order chi connectivity index (χ0) is 21.8. The smallest absolute Gasteiger partial charge is 0.384 e. The first-order valence-electron chi connectivity index (χ1n) is 8.47. The number of rotatable bonds is 7. The van der Waals surface area contributed by atoms with Gasteiger partial charge in [-0.05, 0) is 42.5 Å². The van der Waals surface area contributed by atoms with Gasteiger partial charge in [-0.1, -0.05) is 0 Å². The van der Waals surface area contributed by atoms with E-state index in [0.29, 0.717) is 5.69 Å². The van der Waals surface area contributed by atoms with E-state index in [2.05, 4.69) is 5.32 Å². The van der Waals surface area contributed by atoms with Gasteiger partial charge < -0.3 is 15.0 Å². The zero-order valence-corrected chi connectivity index (χ0v) is 16.9. The third-order valence-electron chi connectivity index (χ3n) is 4.09. The molecule has 1 amide bonds. The van der Waals surface area contributed by atoms with Crippen molar-refractivity contribution in [3.8, 4) is 0 Å².